The first kappa shape index (κ1) is 15.4. The highest BCUT2D eigenvalue weighted by Gasteiger charge is 2.23. The van der Waals surface area contributed by atoms with Crippen molar-refractivity contribution in [1.82, 2.24) is 24.6 Å². The fourth-order valence-corrected chi connectivity index (χ4v) is 3.07. The van der Waals surface area contributed by atoms with Crippen LogP contribution in [0.15, 0.2) is 41.3 Å². The third kappa shape index (κ3) is 2.86. The Morgan fingerprint density at radius 1 is 1.24 bits per heavy atom. The summed E-state index contributed by atoms with van der Waals surface area (Å²) in [5.41, 5.74) is 1.09. The van der Waals surface area contributed by atoms with Crippen LogP contribution in [0.1, 0.15) is 12.8 Å². The number of rotatable bonds is 3. The van der Waals surface area contributed by atoms with Gasteiger partial charge in [-0.3, -0.25) is 14.6 Å². The number of hydrogen-bond acceptors (Lipinski definition) is 5. The number of benzene rings is 1. The van der Waals surface area contributed by atoms with Gasteiger partial charge in [0.05, 0.1) is 11.9 Å². The number of carbonyl (C=O) groups is 1. The van der Waals surface area contributed by atoms with Gasteiger partial charge in [-0.05, 0) is 18.6 Å². The van der Waals surface area contributed by atoms with Crippen molar-refractivity contribution in [1.29, 1.82) is 0 Å². The Balaban J connectivity index is 1.69. The summed E-state index contributed by atoms with van der Waals surface area (Å²) in [5.74, 6) is 0.528. The van der Waals surface area contributed by atoms with Gasteiger partial charge in [-0.15, -0.1) is 0 Å². The van der Waals surface area contributed by atoms with E-state index in [0.717, 1.165) is 5.69 Å². The summed E-state index contributed by atoms with van der Waals surface area (Å²) in [5, 5.41) is 7.96. The number of fused-ring (bicyclic) bond motifs is 1. The number of carbonyl (C=O) groups excluding carboxylic acids is 1. The van der Waals surface area contributed by atoms with Crippen molar-refractivity contribution in [2.45, 2.75) is 18.9 Å². The molecule has 2 N–H and O–H groups in total. The number of anilines is 1. The minimum absolute atomic E-state index is 0.0522. The molecule has 0 unspecified atom stereocenters. The maximum atomic E-state index is 12.3. The fourth-order valence-electron chi connectivity index (χ4n) is 3.07. The molecule has 3 aromatic rings. The van der Waals surface area contributed by atoms with Gasteiger partial charge in [0, 0.05) is 26.1 Å². The average molecular weight is 338 g/mol. The smallest absolute Gasteiger partial charge is 0.263 e. The fraction of sp³-hybridized carbons (Fsp3) is 0.294. The Morgan fingerprint density at radius 2 is 2.04 bits per heavy atom. The molecular formula is C17H18N6O2. The molecule has 25 heavy (non-hydrogen) atoms. The molecular weight excluding hydrogens is 320 g/mol. The van der Waals surface area contributed by atoms with Crippen LogP contribution in [-0.2, 0) is 4.79 Å². The van der Waals surface area contributed by atoms with Crippen molar-refractivity contribution in [2.75, 3.05) is 18.9 Å². The van der Waals surface area contributed by atoms with Gasteiger partial charge in [0.25, 0.3) is 5.56 Å². The van der Waals surface area contributed by atoms with Crippen LogP contribution in [0.5, 0.6) is 0 Å². The van der Waals surface area contributed by atoms with Gasteiger partial charge >= 0.3 is 0 Å². The molecule has 0 radical (unpaired) electrons. The molecule has 1 aliphatic rings. The number of likely N-dealkylation sites (N-methyl/N-ethyl adjacent to an activating group) is 1. The number of piperidine rings is 1. The number of nitrogens with one attached hydrogen (secondary N) is 2. The zero-order valence-electron chi connectivity index (χ0n) is 13.8. The highest BCUT2D eigenvalue weighted by Crippen LogP contribution is 2.17. The van der Waals surface area contributed by atoms with Crippen LogP contribution in [0, 0.1) is 0 Å². The van der Waals surface area contributed by atoms with E-state index in [1.165, 1.54) is 6.20 Å². The Hall–Kier alpha value is -3.16. The first-order valence-corrected chi connectivity index (χ1v) is 8.16. The molecule has 1 amide bonds. The second kappa shape index (κ2) is 6.04. The van der Waals surface area contributed by atoms with E-state index in [1.54, 1.807) is 16.6 Å². The number of amides is 1. The van der Waals surface area contributed by atoms with E-state index in [2.05, 4.69) is 20.4 Å². The molecule has 0 spiro atoms. The second-order valence-electron chi connectivity index (χ2n) is 6.20. The highest BCUT2D eigenvalue weighted by molar-refractivity contribution is 5.77. The maximum Gasteiger partial charge on any atom is 0.263 e. The number of hydrogen-bond donors (Lipinski definition) is 2. The lowest BCUT2D eigenvalue weighted by Gasteiger charge is -2.30. The first-order valence-electron chi connectivity index (χ1n) is 8.16. The van der Waals surface area contributed by atoms with Gasteiger partial charge in [-0.1, -0.05) is 18.2 Å². The average Bonchev–Trinajstić information content (AvgIpc) is 3.03. The Kier molecular flexibility index (Phi) is 3.72. The minimum atomic E-state index is -0.241. The van der Waals surface area contributed by atoms with Crippen molar-refractivity contribution >= 4 is 22.9 Å². The quantitative estimate of drug-likeness (QED) is 0.747. The van der Waals surface area contributed by atoms with Crippen LogP contribution in [0.3, 0.4) is 0 Å². The van der Waals surface area contributed by atoms with E-state index >= 15 is 0 Å². The van der Waals surface area contributed by atoms with Gasteiger partial charge in [-0.2, -0.15) is 10.1 Å². The molecule has 2 aromatic heterocycles. The van der Waals surface area contributed by atoms with Gasteiger partial charge in [0.1, 0.15) is 5.39 Å². The summed E-state index contributed by atoms with van der Waals surface area (Å²) in [7, 11) is 1.78. The molecule has 3 heterocycles. The van der Waals surface area contributed by atoms with Crippen molar-refractivity contribution in [3.8, 4) is 5.69 Å². The summed E-state index contributed by atoms with van der Waals surface area (Å²) < 4.78 is 1.65. The van der Waals surface area contributed by atoms with E-state index in [0.29, 0.717) is 36.4 Å². The SMILES string of the molecule is CN1C[C@H](Nc2nc3c(cnn3-c3ccccc3)c(=O)[nH]2)CCC1=O. The summed E-state index contributed by atoms with van der Waals surface area (Å²) >= 11 is 0. The summed E-state index contributed by atoms with van der Waals surface area (Å²) in [4.78, 5) is 32.9. The summed E-state index contributed by atoms with van der Waals surface area (Å²) in [6.07, 6.45) is 2.72. The molecule has 8 heteroatoms. The summed E-state index contributed by atoms with van der Waals surface area (Å²) in [6, 6.07) is 9.60. The van der Waals surface area contributed by atoms with Crippen molar-refractivity contribution < 1.29 is 4.79 Å². The molecule has 8 nitrogen and oxygen atoms in total. The predicted octanol–water partition coefficient (Wildman–Crippen LogP) is 1.14. The van der Waals surface area contributed by atoms with Crippen LogP contribution in [0.4, 0.5) is 5.95 Å². The molecule has 0 saturated carbocycles. The van der Waals surface area contributed by atoms with E-state index in [1.807, 2.05) is 30.3 Å². The molecule has 0 aliphatic carbocycles. The predicted molar refractivity (Wildman–Crippen MR) is 93.8 cm³/mol. The number of H-pyrrole nitrogens is 1. The topological polar surface area (TPSA) is 95.9 Å². The van der Waals surface area contributed by atoms with Crippen LogP contribution in [0.25, 0.3) is 16.7 Å². The third-order valence-corrected chi connectivity index (χ3v) is 4.41. The number of nitrogens with zero attached hydrogens (tertiary/aromatic N) is 4. The van der Waals surface area contributed by atoms with Gasteiger partial charge in [0.2, 0.25) is 11.9 Å². The second-order valence-corrected chi connectivity index (χ2v) is 6.20. The molecule has 128 valence electrons. The van der Waals surface area contributed by atoms with E-state index in [4.69, 9.17) is 0 Å². The zero-order chi connectivity index (χ0) is 17.4. The Labute approximate surface area is 143 Å². The van der Waals surface area contributed by atoms with Crippen LogP contribution in [0.2, 0.25) is 0 Å². The lowest BCUT2D eigenvalue weighted by atomic mass is 10.1. The number of aromatic amines is 1. The standard InChI is InChI=1S/C17H18N6O2/c1-22-10-11(7-8-14(22)24)19-17-20-15-13(16(25)21-17)9-18-23(15)12-5-3-2-4-6-12/h2-6,9,11H,7-8,10H2,1H3,(H2,19,20,21,25)/t11-/m1/s1. The van der Waals surface area contributed by atoms with E-state index < -0.39 is 0 Å². The van der Waals surface area contributed by atoms with Crippen molar-refractivity contribution in [2.24, 2.45) is 0 Å². The molecule has 4 rings (SSSR count). The van der Waals surface area contributed by atoms with Gasteiger partial charge in [0.15, 0.2) is 5.65 Å². The number of aromatic nitrogens is 4. The molecule has 1 atom stereocenters. The van der Waals surface area contributed by atoms with E-state index in [9.17, 15) is 9.59 Å². The number of para-hydroxylation sites is 1. The van der Waals surface area contributed by atoms with Crippen molar-refractivity contribution in [3.63, 3.8) is 0 Å². The van der Waals surface area contributed by atoms with Crippen LogP contribution >= 0.6 is 0 Å². The zero-order valence-corrected chi connectivity index (χ0v) is 13.8. The lowest BCUT2D eigenvalue weighted by Crippen LogP contribution is -2.43. The van der Waals surface area contributed by atoms with Gasteiger partial charge in [-0.25, -0.2) is 4.68 Å². The number of likely N-dealkylation sites (tertiary alicyclic amines) is 1. The maximum absolute atomic E-state index is 12.3. The molecule has 0 bridgehead atoms. The monoisotopic (exact) mass is 338 g/mol. The van der Waals surface area contributed by atoms with Crippen LogP contribution in [-0.4, -0.2) is 50.2 Å². The van der Waals surface area contributed by atoms with Gasteiger partial charge < -0.3 is 10.2 Å². The molecule has 1 fully saturated rings. The summed E-state index contributed by atoms with van der Waals surface area (Å²) in [6.45, 7) is 0.582. The largest absolute Gasteiger partial charge is 0.351 e. The Bertz CT molecular complexity index is 978. The molecule has 1 aliphatic heterocycles. The first-order chi connectivity index (χ1) is 12.1. The Morgan fingerprint density at radius 3 is 2.80 bits per heavy atom. The molecule has 1 aromatic carbocycles. The molecule has 1 saturated heterocycles. The van der Waals surface area contributed by atoms with Crippen LogP contribution < -0.4 is 10.9 Å². The lowest BCUT2D eigenvalue weighted by molar-refractivity contribution is -0.132. The van der Waals surface area contributed by atoms with Crippen molar-refractivity contribution in [3.05, 3.63) is 46.9 Å². The third-order valence-electron chi connectivity index (χ3n) is 4.41. The normalized spacial score (nSPS) is 17.9. The van der Waals surface area contributed by atoms with E-state index in [-0.39, 0.29) is 17.5 Å². The minimum Gasteiger partial charge on any atom is -0.351 e. The highest BCUT2D eigenvalue weighted by atomic mass is 16.2.